The Kier molecular flexibility index (Phi) is 4.45. The molecule has 19 heavy (non-hydrogen) atoms. The zero-order chi connectivity index (χ0) is 14.2. The first-order chi connectivity index (χ1) is 8.83. The number of piperidine rings is 1. The molecule has 3 nitrogen and oxygen atoms in total. The standard InChI is InChI=1S/C13H17Cl2NO2S/c1-8(9-7-10(14)19-11(9)15)16-5-3-13(2,4-6-16)12(17)18/h7-8H,3-6H2,1-2H3,(H,17,18). The van der Waals surface area contributed by atoms with Crippen LogP contribution in [0.1, 0.15) is 38.3 Å². The highest BCUT2D eigenvalue weighted by molar-refractivity contribution is 7.20. The average Bonchev–Trinajstić information content (AvgIpc) is 2.68. The minimum atomic E-state index is -0.698. The first-order valence-corrected chi connectivity index (χ1v) is 7.83. The number of hydrogen-bond donors (Lipinski definition) is 1. The number of halogens is 2. The van der Waals surface area contributed by atoms with Crippen LogP contribution in [0.15, 0.2) is 6.07 Å². The van der Waals surface area contributed by atoms with E-state index in [0.717, 1.165) is 23.0 Å². The topological polar surface area (TPSA) is 40.5 Å². The molecule has 0 saturated carbocycles. The Morgan fingerprint density at radius 3 is 2.47 bits per heavy atom. The third kappa shape index (κ3) is 3.07. The molecule has 1 saturated heterocycles. The molecule has 1 aliphatic rings. The highest BCUT2D eigenvalue weighted by Crippen LogP contribution is 2.40. The van der Waals surface area contributed by atoms with Gasteiger partial charge in [0.2, 0.25) is 0 Å². The van der Waals surface area contributed by atoms with Gasteiger partial charge in [0, 0.05) is 11.6 Å². The number of likely N-dealkylation sites (tertiary alicyclic amines) is 1. The second-order valence-electron chi connectivity index (χ2n) is 5.36. The lowest BCUT2D eigenvalue weighted by Gasteiger charge is -2.39. The zero-order valence-electron chi connectivity index (χ0n) is 10.9. The third-order valence-corrected chi connectivity index (χ3v) is 5.62. The lowest BCUT2D eigenvalue weighted by atomic mass is 9.80. The van der Waals surface area contributed by atoms with Crippen molar-refractivity contribution in [3.8, 4) is 0 Å². The maximum Gasteiger partial charge on any atom is 0.309 e. The van der Waals surface area contributed by atoms with Crippen molar-refractivity contribution in [2.45, 2.75) is 32.7 Å². The van der Waals surface area contributed by atoms with E-state index in [1.807, 2.05) is 13.0 Å². The van der Waals surface area contributed by atoms with Crippen molar-refractivity contribution in [1.82, 2.24) is 4.90 Å². The molecule has 1 aromatic heterocycles. The Hall–Kier alpha value is -0.290. The molecule has 106 valence electrons. The molecule has 0 aromatic carbocycles. The van der Waals surface area contributed by atoms with Crippen LogP contribution in [0.25, 0.3) is 0 Å². The number of rotatable bonds is 3. The molecular formula is C13H17Cl2NO2S. The van der Waals surface area contributed by atoms with Crippen molar-refractivity contribution in [1.29, 1.82) is 0 Å². The predicted molar refractivity (Wildman–Crippen MR) is 79.3 cm³/mol. The van der Waals surface area contributed by atoms with Gasteiger partial charge in [-0.3, -0.25) is 9.69 Å². The molecular weight excluding hydrogens is 305 g/mol. The molecule has 1 aromatic rings. The summed E-state index contributed by atoms with van der Waals surface area (Å²) >= 11 is 13.5. The van der Waals surface area contributed by atoms with Gasteiger partial charge in [0.15, 0.2) is 0 Å². The van der Waals surface area contributed by atoms with Gasteiger partial charge in [0.05, 0.1) is 14.1 Å². The first-order valence-electron chi connectivity index (χ1n) is 6.26. The fourth-order valence-corrected chi connectivity index (χ4v) is 4.09. The second kappa shape index (κ2) is 5.60. The van der Waals surface area contributed by atoms with Gasteiger partial charge in [0.1, 0.15) is 0 Å². The number of carboxylic acids is 1. The van der Waals surface area contributed by atoms with Crippen LogP contribution in [0.4, 0.5) is 0 Å². The summed E-state index contributed by atoms with van der Waals surface area (Å²) < 4.78 is 1.42. The highest BCUT2D eigenvalue weighted by Gasteiger charge is 2.38. The van der Waals surface area contributed by atoms with Crippen LogP contribution in [0, 0.1) is 5.41 Å². The van der Waals surface area contributed by atoms with E-state index in [4.69, 9.17) is 23.2 Å². The number of carbonyl (C=O) groups is 1. The van der Waals surface area contributed by atoms with Gasteiger partial charge in [-0.25, -0.2) is 0 Å². The molecule has 2 heterocycles. The molecule has 1 atom stereocenters. The van der Waals surface area contributed by atoms with Crippen LogP contribution in [-0.2, 0) is 4.79 Å². The number of hydrogen-bond acceptors (Lipinski definition) is 3. The molecule has 1 unspecified atom stereocenters. The van der Waals surface area contributed by atoms with Crippen LogP contribution in [0.5, 0.6) is 0 Å². The molecule has 0 radical (unpaired) electrons. The van der Waals surface area contributed by atoms with E-state index in [2.05, 4.69) is 11.8 Å². The maximum atomic E-state index is 11.2. The Balaban J connectivity index is 2.06. The number of thiophene rings is 1. The summed E-state index contributed by atoms with van der Waals surface area (Å²) in [7, 11) is 0. The van der Waals surface area contributed by atoms with E-state index in [1.54, 1.807) is 0 Å². The van der Waals surface area contributed by atoms with E-state index >= 15 is 0 Å². The van der Waals surface area contributed by atoms with Crippen LogP contribution in [-0.4, -0.2) is 29.1 Å². The van der Waals surface area contributed by atoms with Gasteiger partial charge in [-0.15, -0.1) is 11.3 Å². The van der Waals surface area contributed by atoms with E-state index < -0.39 is 11.4 Å². The van der Waals surface area contributed by atoms with Gasteiger partial charge >= 0.3 is 5.97 Å². The first kappa shape index (κ1) is 15.1. The van der Waals surface area contributed by atoms with E-state index in [1.165, 1.54) is 11.3 Å². The van der Waals surface area contributed by atoms with E-state index in [-0.39, 0.29) is 6.04 Å². The Bertz CT molecular complexity index is 481. The third-order valence-electron chi connectivity index (χ3n) is 4.10. The molecule has 0 bridgehead atoms. The van der Waals surface area contributed by atoms with Crippen molar-refractivity contribution in [3.05, 3.63) is 20.3 Å². The molecule has 1 fully saturated rings. The molecule has 0 spiro atoms. The number of carboxylic acid groups (broad SMARTS) is 1. The Morgan fingerprint density at radius 1 is 1.47 bits per heavy atom. The summed E-state index contributed by atoms with van der Waals surface area (Å²) in [6, 6.07) is 2.08. The molecule has 0 amide bonds. The monoisotopic (exact) mass is 321 g/mol. The highest BCUT2D eigenvalue weighted by atomic mass is 35.5. The molecule has 1 N–H and O–H groups in total. The minimum Gasteiger partial charge on any atom is -0.481 e. The average molecular weight is 322 g/mol. The van der Waals surface area contributed by atoms with E-state index in [0.29, 0.717) is 17.2 Å². The molecule has 2 rings (SSSR count). The van der Waals surface area contributed by atoms with Crippen molar-refractivity contribution in [2.24, 2.45) is 5.41 Å². The van der Waals surface area contributed by atoms with Gasteiger partial charge in [-0.05, 0) is 45.8 Å². The zero-order valence-corrected chi connectivity index (χ0v) is 13.3. The Morgan fingerprint density at radius 2 is 2.05 bits per heavy atom. The quantitative estimate of drug-likeness (QED) is 0.902. The van der Waals surface area contributed by atoms with Crippen molar-refractivity contribution >= 4 is 40.5 Å². The van der Waals surface area contributed by atoms with E-state index in [9.17, 15) is 9.90 Å². The van der Waals surface area contributed by atoms with Crippen LogP contribution in [0.3, 0.4) is 0 Å². The smallest absolute Gasteiger partial charge is 0.309 e. The largest absolute Gasteiger partial charge is 0.481 e. The molecule has 6 heteroatoms. The fraction of sp³-hybridized carbons (Fsp3) is 0.615. The van der Waals surface area contributed by atoms with Crippen LogP contribution in [0.2, 0.25) is 8.67 Å². The SMILES string of the molecule is CC(c1cc(Cl)sc1Cl)N1CCC(C)(C(=O)O)CC1. The van der Waals surface area contributed by atoms with Crippen LogP contribution >= 0.6 is 34.5 Å². The maximum absolute atomic E-state index is 11.2. The van der Waals surface area contributed by atoms with Crippen molar-refractivity contribution in [3.63, 3.8) is 0 Å². The summed E-state index contributed by atoms with van der Waals surface area (Å²) in [5, 5.41) is 9.23. The van der Waals surface area contributed by atoms with Crippen LogP contribution < -0.4 is 0 Å². The summed E-state index contributed by atoms with van der Waals surface area (Å²) in [4.78, 5) is 13.5. The summed E-state index contributed by atoms with van der Waals surface area (Å²) in [6.45, 7) is 5.46. The van der Waals surface area contributed by atoms with Gasteiger partial charge < -0.3 is 5.11 Å². The van der Waals surface area contributed by atoms with Gasteiger partial charge in [-0.2, -0.15) is 0 Å². The summed E-state index contributed by atoms with van der Waals surface area (Å²) in [6.07, 6.45) is 1.34. The van der Waals surface area contributed by atoms with Crippen molar-refractivity contribution < 1.29 is 9.90 Å². The molecule has 1 aliphatic heterocycles. The predicted octanol–water partition coefficient (Wildman–Crippen LogP) is 4.30. The minimum absolute atomic E-state index is 0.176. The Labute approximate surface area is 127 Å². The number of nitrogens with zero attached hydrogens (tertiary/aromatic N) is 1. The fourth-order valence-electron chi connectivity index (χ4n) is 2.45. The normalized spacial score (nSPS) is 21.3. The summed E-state index contributed by atoms with van der Waals surface area (Å²) in [5.74, 6) is -0.698. The van der Waals surface area contributed by atoms with Crippen molar-refractivity contribution in [2.75, 3.05) is 13.1 Å². The lowest BCUT2D eigenvalue weighted by molar-refractivity contribution is -0.151. The second-order valence-corrected chi connectivity index (χ2v) is 7.64. The van der Waals surface area contributed by atoms with Gasteiger partial charge in [0.25, 0.3) is 0 Å². The van der Waals surface area contributed by atoms with Gasteiger partial charge in [-0.1, -0.05) is 23.2 Å². The molecule has 0 aliphatic carbocycles. The number of aliphatic carboxylic acids is 1. The lowest BCUT2D eigenvalue weighted by Crippen LogP contribution is -2.43. The summed E-state index contributed by atoms with van der Waals surface area (Å²) in [5.41, 5.74) is 0.447.